The second-order valence-corrected chi connectivity index (χ2v) is 5.42. The predicted octanol–water partition coefficient (Wildman–Crippen LogP) is 3.25. The van der Waals surface area contributed by atoms with Gasteiger partial charge in [-0.3, -0.25) is 4.79 Å². The van der Waals surface area contributed by atoms with Gasteiger partial charge < -0.3 is 9.88 Å². The van der Waals surface area contributed by atoms with Crippen LogP contribution in [0.5, 0.6) is 0 Å². The average Bonchev–Trinajstić information content (AvgIpc) is 3.10. The van der Waals surface area contributed by atoms with E-state index < -0.39 is 0 Å². The molecule has 0 radical (unpaired) electrons. The number of carbonyl (C=O) groups excluding carboxylic acids is 1. The molecule has 0 aliphatic rings. The van der Waals surface area contributed by atoms with E-state index >= 15 is 0 Å². The lowest BCUT2D eigenvalue weighted by molar-refractivity contribution is 0.102. The fourth-order valence-electron chi connectivity index (χ4n) is 2.35. The van der Waals surface area contributed by atoms with Gasteiger partial charge in [-0.25, -0.2) is 4.98 Å². The maximum absolute atomic E-state index is 12.3. The van der Waals surface area contributed by atoms with Gasteiger partial charge in [0.05, 0.1) is 18.8 Å². The summed E-state index contributed by atoms with van der Waals surface area (Å²) in [5.74, 6) is -0.155. The van der Waals surface area contributed by atoms with Crippen molar-refractivity contribution in [2.75, 3.05) is 5.32 Å². The zero-order valence-electron chi connectivity index (χ0n) is 13.0. The van der Waals surface area contributed by atoms with Gasteiger partial charge in [-0.15, -0.1) is 0 Å². The fraction of sp³-hybridized carbons (Fsp3) is 0.105. The first-order valence-corrected chi connectivity index (χ1v) is 7.56. The van der Waals surface area contributed by atoms with E-state index in [1.807, 2.05) is 47.2 Å². The number of imidazole rings is 1. The molecule has 0 aliphatic heterocycles. The maximum Gasteiger partial charge on any atom is 0.255 e. The SMILES string of the molecule is N#CCc1ccc(NC(=O)c2ccc(Cn3ccnc3)cc2)cc1. The molecule has 5 heteroatoms. The van der Waals surface area contributed by atoms with Crippen molar-refractivity contribution in [2.24, 2.45) is 0 Å². The zero-order chi connectivity index (χ0) is 16.8. The topological polar surface area (TPSA) is 70.7 Å². The highest BCUT2D eigenvalue weighted by molar-refractivity contribution is 6.04. The molecule has 0 saturated carbocycles. The van der Waals surface area contributed by atoms with E-state index in [-0.39, 0.29) is 5.91 Å². The number of nitrogens with one attached hydrogen (secondary N) is 1. The lowest BCUT2D eigenvalue weighted by atomic mass is 10.1. The lowest BCUT2D eigenvalue weighted by Gasteiger charge is -2.07. The van der Waals surface area contributed by atoms with Crippen molar-refractivity contribution in [3.63, 3.8) is 0 Å². The summed E-state index contributed by atoms with van der Waals surface area (Å²) in [7, 11) is 0. The Kier molecular flexibility index (Phi) is 4.68. The number of hydrogen-bond donors (Lipinski definition) is 1. The molecule has 0 spiro atoms. The van der Waals surface area contributed by atoms with E-state index in [2.05, 4.69) is 16.4 Å². The number of rotatable bonds is 5. The molecule has 0 unspecified atom stereocenters. The van der Waals surface area contributed by atoms with Crippen molar-refractivity contribution in [2.45, 2.75) is 13.0 Å². The number of nitriles is 1. The Balaban J connectivity index is 1.63. The molecule has 0 aliphatic carbocycles. The Morgan fingerprint density at radius 1 is 1.08 bits per heavy atom. The first-order valence-electron chi connectivity index (χ1n) is 7.56. The highest BCUT2D eigenvalue weighted by Crippen LogP contribution is 2.13. The zero-order valence-corrected chi connectivity index (χ0v) is 13.0. The summed E-state index contributed by atoms with van der Waals surface area (Å²) in [4.78, 5) is 16.3. The van der Waals surface area contributed by atoms with E-state index in [4.69, 9.17) is 5.26 Å². The molecule has 3 aromatic rings. The highest BCUT2D eigenvalue weighted by Gasteiger charge is 2.06. The summed E-state index contributed by atoms with van der Waals surface area (Å²) in [6.07, 6.45) is 5.77. The summed E-state index contributed by atoms with van der Waals surface area (Å²) in [6.45, 7) is 0.724. The van der Waals surface area contributed by atoms with Crippen molar-refractivity contribution in [3.05, 3.63) is 83.9 Å². The summed E-state index contributed by atoms with van der Waals surface area (Å²) in [5.41, 5.74) is 3.35. The number of nitrogens with zero attached hydrogens (tertiary/aromatic N) is 3. The summed E-state index contributed by atoms with van der Waals surface area (Å²) < 4.78 is 1.97. The van der Waals surface area contributed by atoms with Crippen LogP contribution in [0, 0.1) is 11.3 Å². The van der Waals surface area contributed by atoms with Crippen LogP contribution >= 0.6 is 0 Å². The quantitative estimate of drug-likeness (QED) is 0.785. The minimum atomic E-state index is -0.155. The molecule has 118 valence electrons. The van der Waals surface area contributed by atoms with Crippen molar-refractivity contribution in [1.29, 1.82) is 5.26 Å². The number of hydrogen-bond acceptors (Lipinski definition) is 3. The van der Waals surface area contributed by atoms with Crippen LogP contribution in [-0.4, -0.2) is 15.5 Å². The molecule has 2 aromatic carbocycles. The van der Waals surface area contributed by atoms with Gasteiger partial charge in [-0.1, -0.05) is 24.3 Å². The molecule has 3 rings (SSSR count). The molecule has 1 amide bonds. The smallest absolute Gasteiger partial charge is 0.255 e. The maximum atomic E-state index is 12.3. The van der Waals surface area contributed by atoms with Crippen LogP contribution in [0.25, 0.3) is 0 Å². The monoisotopic (exact) mass is 316 g/mol. The number of aromatic nitrogens is 2. The van der Waals surface area contributed by atoms with E-state index in [1.54, 1.807) is 24.7 Å². The van der Waals surface area contributed by atoms with Gasteiger partial charge in [0, 0.05) is 30.2 Å². The van der Waals surface area contributed by atoms with E-state index in [1.165, 1.54) is 0 Å². The molecular formula is C19H16N4O. The Hall–Kier alpha value is -3.39. The molecular weight excluding hydrogens is 300 g/mol. The number of carbonyl (C=O) groups is 1. The fourth-order valence-corrected chi connectivity index (χ4v) is 2.35. The minimum absolute atomic E-state index is 0.155. The standard InChI is InChI=1S/C19H16N4O/c20-10-9-15-3-7-18(8-4-15)22-19(24)17-5-1-16(2-6-17)13-23-12-11-21-14-23/h1-8,11-12,14H,9,13H2,(H,22,24). The number of anilines is 1. The molecule has 0 bridgehead atoms. The normalized spacial score (nSPS) is 10.1. The molecule has 0 saturated heterocycles. The Morgan fingerprint density at radius 2 is 1.79 bits per heavy atom. The van der Waals surface area contributed by atoms with Crippen molar-refractivity contribution in [1.82, 2.24) is 9.55 Å². The van der Waals surface area contributed by atoms with Crippen LogP contribution in [0.1, 0.15) is 21.5 Å². The Morgan fingerprint density at radius 3 is 2.42 bits per heavy atom. The van der Waals surface area contributed by atoms with Gasteiger partial charge in [0.25, 0.3) is 5.91 Å². The van der Waals surface area contributed by atoms with Gasteiger partial charge in [0.2, 0.25) is 0 Å². The molecule has 24 heavy (non-hydrogen) atoms. The minimum Gasteiger partial charge on any atom is -0.333 e. The number of benzene rings is 2. The van der Waals surface area contributed by atoms with E-state index in [9.17, 15) is 4.79 Å². The van der Waals surface area contributed by atoms with Crippen LogP contribution in [0.2, 0.25) is 0 Å². The van der Waals surface area contributed by atoms with E-state index in [0.717, 1.165) is 17.7 Å². The molecule has 0 fully saturated rings. The van der Waals surface area contributed by atoms with Crippen LogP contribution in [0.15, 0.2) is 67.3 Å². The summed E-state index contributed by atoms with van der Waals surface area (Å²) in [5, 5.41) is 11.5. The third-order valence-electron chi connectivity index (χ3n) is 3.64. The molecule has 0 atom stereocenters. The summed E-state index contributed by atoms with van der Waals surface area (Å²) in [6, 6.07) is 16.9. The first-order chi connectivity index (χ1) is 11.7. The average molecular weight is 316 g/mol. The van der Waals surface area contributed by atoms with Gasteiger partial charge in [-0.2, -0.15) is 5.26 Å². The van der Waals surface area contributed by atoms with Crippen LogP contribution in [0.3, 0.4) is 0 Å². The van der Waals surface area contributed by atoms with Gasteiger partial charge in [0.1, 0.15) is 0 Å². The van der Waals surface area contributed by atoms with Gasteiger partial charge in [0.15, 0.2) is 0 Å². The second-order valence-electron chi connectivity index (χ2n) is 5.42. The molecule has 1 heterocycles. The summed E-state index contributed by atoms with van der Waals surface area (Å²) >= 11 is 0. The Labute approximate surface area is 140 Å². The predicted molar refractivity (Wildman–Crippen MR) is 91.5 cm³/mol. The largest absolute Gasteiger partial charge is 0.333 e. The molecule has 1 N–H and O–H groups in total. The van der Waals surface area contributed by atoms with E-state index in [0.29, 0.717) is 17.7 Å². The van der Waals surface area contributed by atoms with Gasteiger partial charge in [-0.05, 0) is 35.4 Å². The van der Waals surface area contributed by atoms with Gasteiger partial charge >= 0.3 is 0 Å². The molecule has 1 aromatic heterocycles. The second kappa shape index (κ2) is 7.25. The first kappa shape index (κ1) is 15.5. The van der Waals surface area contributed by atoms with Crippen LogP contribution in [-0.2, 0) is 13.0 Å². The highest BCUT2D eigenvalue weighted by atomic mass is 16.1. The third-order valence-corrected chi connectivity index (χ3v) is 3.64. The van der Waals surface area contributed by atoms with Crippen molar-refractivity contribution < 1.29 is 4.79 Å². The molecule has 5 nitrogen and oxygen atoms in total. The third kappa shape index (κ3) is 3.87. The van der Waals surface area contributed by atoms with Crippen molar-refractivity contribution >= 4 is 11.6 Å². The van der Waals surface area contributed by atoms with Crippen molar-refractivity contribution in [3.8, 4) is 6.07 Å². The van der Waals surface area contributed by atoms with Crippen LogP contribution in [0.4, 0.5) is 5.69 Å². The lowest BCUT2D eigenvalue weighted by Crippen LogP contribution is -2.12. The Bertz CT molecular complexity index is 844. The van der Waals surface area contributed by atoms with Crippen LogP contribution < -0.4 is 5.32 Å². The number of amides is 1.